The zero-order valence-corrected chi connectivity index (χ0v) is 15.3. The van der Waals surface area contributed by atoms with Gasteiger partial charge in [-0.25, -0.2) is 0 Å². The summed E-state index contributed by atoms with van der Waals surface area (Å²) in [4.78, 5) is 6.28. The van der Waals surface area contributed by atoms with Crippen molar-refractivity contribution in [2.24, 2.45) is 5.10 Å². The summed E-state index contributed by atoms with van der Waals surface area (Å²) in [7, 11) is 9.34. The van der Waals surface area contributed by atoms with Crippen molar-refractivity contribution < 1.29 is 13.1 Å². The molecule has 4 nitrogen and oxygen atoms in total. The Balaban J connectivity index is 0.00000122. The van der Waals surface area contributed by atoms with Gasteiger partial charge in [0.25, 0.3) is 0 Å². The summed E-state index contributed by atoms with van der Waals surface area (Å²) in [6.07, 6.45) is 5.56. The molecular weight excluding hydrogens is 379 g/mol. The quantitative estimate of drug-likeness (QED) is 0.342. The molecule has 1 rings (SSSR count). The Labute approximate surface area is 146 Å². The van der Waals surface area contributed by atoms with Crippen LogP contribution < -0.4 is 5.43 Å². The van der Waals surface area contributed by atoms with Crippen molar-refractivity contribution in [3.63, 3.8) is 0 Å². The molecule has 0 aliphatic rings. The van der Waals surface area contributed by atoms with Crippen LogP contribution in [-0.4, -0.2) is 34.3 Å². The Hall–Kier alpha value is -0.391. The third-order valence-electron chi connectivity index (χ3n) is 2.32. The van der Waals surface area contributed by atoms with Gasteiger partial charge in [0.1, 0.15) is 0 Å². The summed E-state index contributed by atoms with van der Waals surface area (Å²) >= 11 is 6.06. The van der Waals surface area contributed by atoms with Gasteiger partial charge < -0.3 is 4.90 Å². The van der Waals surface area contributed by atoms with E-state index in [2.05, 4.69) is 54.5 Å². The van der Waals surface area contributed by atoms with Gasteiger partial charge in [0.2, 0.25) is 0 Å². The number of hydrazone groups is 1. The molecule has 0 amide bonds. The topological polar surface area (TPSA) is 40.5 Å². The van der Waals surface area contributed by atoms with E-state index in [1.807, 2.05) is 18.2 Å². The van der Waals surface area contributed by atoms with E-state index >= 15 is 0 Å². The van der Waals surface area contributed by atoms with E-state index in [1.165, 1.54) is 0 Å². The number of thiocarbonyl (C=S) groups is 1. The number of halogens is 2. The number of nitrogens with one attached hydrogen (secondary N) is 1. The molecule has 123 valence electrons. The van der Waals surface area contributed by atoms with Gasteiger partial charge >= 0.3 is 33.3 Å². The average molecular weight is 399 g/mol. The van der Waals surface area contributed by atoms with Crippen molar-refractivity contribution in [1.29, 1.82) is 0 Å². The van der Waals surface area contributed by atoms with E-state index in [0.29, 0.717) is 5.11 Å². The molecule has 0 radical (unpaired) electrons. The number of hydrogen-bond donors (Lipinski definition) is 1. The van der Waals surface area contributed by atoms with Crippen LogP contribution in [0.1, 0.15) is 32.4 Å². The first-order chi connectivity index (χ1) is 10.2. The van der Waals surface area contributed by atoms with Crippen LogP contribution in [0.25, 0.3) is 0 Å². The summed E-state index contributed by atoms with van der Waals surface area (Å²) < 4.78 is 0. The summed E-state index contributed by atoms with van der Waals surface area (Å²) in [6, 6.07) is 5.69. The molecule has 1 aromatic rings. The first-order valence-electron chi connectivity index (χ1n) is 6.49. The second-order valence-electron chi connectivity index (χ2n) is 3.96. The molecule has 0 atom stereocenters. The van der Waals surface area contributed by atoms with Gasteiger partial charge in [-0.1, -0.05) is 19.9 Å². The van der Waals surface area contributed by atoms with Gasteiger partial charge in [0, 0.05) is 19.3 Å². The predicted octanol–water partition coefficient (Wildman–Crippen LogP) is 3.79. The van der Waals surface area contributed by atoms with Crippen molar-refractivity contribution in [3.8, 4) is 0 Å². The molecular formula is C13H20Cl2CuN4S. The van der Waals surface area contributed by atoms with E-state index in [9.17, 15) is 0 Å². The molecule has 0 aromatic carbocycles. The number of hydrogen-bond acceptors (Lipinski definition) is 3. The third-order valence-corrected chi connectivity index (χ3v) is 2.67. The van der Waals surface area contributed by atoms with E-state index in [4.69, 9.17) is 12.2 Å². The normalized spacial score (nSPS) is 10.1. The second-order valence-corrected chi connectivity index (χ2v) is 5.90. The van der Waals surface area contributed by atoms with Crippen LogP contribution in [0.4, 0.5) is 0 Å². The minimum absolute atomic E-state index is 0.672. The van der Waals surface area contributed by atoms with E-state index in [-0.39, 0.29) is 0 Å². The molecule has 0 spiro atoms. The van der Waals surface area contributed by atoms with E-state index in [1.54, 1.807) is 12.4 Å². The zero-order valence-electron chi connectivity index (χ0n) is 12.0. The molecule has 1 N–H and O–H groups in total. The average Bonchev–Trinajstić information content (AvgIpc) is 2.49. The van der Waals surface area contributed by atoms with Crippen LogP contribution >= 0.6 is 32.4 Å². The van der Waals surface area contributed by atoms with Gasteiger partial charge in [-0.2, -0.15) is 5.10 Å². The zero-order chi connectivity index (χ0) is 15.9. The van der Waals surface area contributed by atoms with E-state index in [0.717, 1.165) is 44.8 Å². The molecule has 1 aromatic heterocycles. The molecule has 0 saturated heterocycles. The molecule has 0 unspecified atom stereocenters. The van der Waals surface area contributed by atoms with Crippen LogP contribution in [0.5, 0.6) is 0 Å². The van der Waals surface area contributed by atoms with Crippen LogP contribution in [0.3, 0.4) is 0 Å². The Kier molecular flexibility index (Phi) is 14.3. The third kappa shape index (κ3) is 10.9. The maximum atomic E-state index is 5.30. The van der Waals surface area contributed by atoms with Crippen LogP contribution in [-0.2, 0) is 13.1 Å². The Bertz CT molecular complexity index is 400. The molecule has 0 fully saturated rings. The van der Waals surface area contributed by atoms with Crippen molar-refractivity contribution in [3.05, 3.63) is 30.1 Å². The molecule has 0 saturated carbocycles. The van der Waals surface area contributed by atoms with Crippen molar-refractivity contribution in [1.82, 2.24) is 15.3 Å². The van der Waals surface area contributed by atoms with Gasteiger partial charge in [-0.3, -0.25) is 10.4 Å². The minimum atomic E-state index is 0.672. The number of rotatable bonds is 6. The van der Waals surface area contributed by atoms with E-state index < -0.39 is 0 Å². The molecule has 21 heavy (non-hydrogen) atoms. The number of nitrogens with zero attached hydrogens (tertiary/aromatic N) is 3. The van der Waals surface area contributed by atoms with Crippen LogP contribution in [0.15, 0.2) is 29.5 Å². The van der Waals surface area contributed by atoms with Crippen LogP contribution in [0, 0.1) is 0 Å². The fourth-order valence-corrected chi connectivity index (χ4v) is 1.77. The molecule has 1 heterocycles. The van der Waals surface area contributed by atoms with Gasteiger partial charge in [-0.05, 0) is 37.2 Å². The molecule has 8 heteroatoms. The fraction of sp³-hybridized carbons (Fsp3) is 0.462. The molecule has 0 aliphatic heterocycles. The molecule has 0 bridgehead atoms. The summed E-state index contributed by atoms with van der Waals surface area (Å²) in [5.74, 6) is 0. The first-order valence-corrected chi connectivity index (χ1v) is 9.49. The Morgan fingerprint density at radius 1 is 1.38 bits per heavy atom. The molecule has 0 aliphatic carbocycles. The maximum absolute atomic E-state index is 5.30. The van der Waals surface area contributed by atoms with Crippen molar-refractivity contribution >= 4 is 43.7 Å². The van der Waals surface area contributed by atoms with Crippen molar-refractivity contribution in [2.45, 2.75) is 26.7 Å². The SMILES string of the molecule is CCCN(CCC)C(=S)N/N=C/c1ccccn1.[Cl][Cu][Cl]. The summed E-state index contributed by atoms with van der Waals surface area (Å²) in [5.41, 5.74) is 3.70. The Morgan fingerprint density at radius 2 is 2.00 bits per heavy atom. The Morgan fingerprint density at radius 3 is 2.48 bits per heavy atom. The van der Waals surface area contributed by atoms with Crippen LogP contribution in [0.2, 0.25) is 0 Å². The standard InChI is InChI=1S/C13H20N4S.2ClH.Cu/c1-3-9-17(10-4-2)13(18)16-15-11-12-7-5-6-8-14-12;;;/h5-8,11H,3-4,9-10H2,1-2H3,(H,16,18);2*1H;/q;;;+2/p-2/b15-11+;;;. The van der Waals surface area contributed by atoms with Gasteiger partial charge in [0.05, 0.1) is 11.9 Å². The summed E-state index contributed by atoms with van der Waals surface area (Å²) in [6.45, 7) is 6.20. The monoisotopic (exact) mass is 397 g/mol. The number of aromatic nitrogens is 1. The second kappa shape index (κ2) is 14.5. The number of pyridine rings is 1. The van der Waals surface area contributed by atoms with Crippen molar-refractivity contribution in [2.75, 3.05) is 13.1 Å². The first kappa shape index (κ1) is 20.6. The summed E-state index contributed by atoms with van der Waals surface area (Å²) in [5, 5.41) is 4.78. The van der Waals surface area contributed by atoms with Gasteiger partial charge in [-0.15, -0.1) is 0 Å². The predicted molar refractivity (Wildman–Crippen MR) is 91.4 cm³/mol. The fourth-order valence-electron chi connectivity index (χ4n) is 1.53. The van der Waals surface area contributed by atoms with Gasteiger partial charge in [0.15, 0.2) is 5.11 Å².